The summed E-state index contributed by atoms with van der Waals surface area (Å²) in [5.41, 5.74) is 4.69. The Bertz CT molecular complexity index is 1400. The molecule has 5 rings (SSSR count). The van der Waals surface area contributed by atoms with E-state index in [1.807, 2.05) is 52.7 Å². The zero-order valence-corrected chi connectivity index (χ0v) is 17.7. The Morgan fingerprint density at radius 1 is 1.06 bits per heavy atom. The number of nitrogens with zero attached hydrogens (tertiary/aromatic N) is 4. The first-order valence-electron chi connectivity index (χ1n) is 9.66. The zero-order chi connectivity index (χ0) is 21.5. The second kappa shape index (κ2) is 7.48. The molecule has 0 aliphatic heterocycles. The van der Waals surface area contributed by atoms with E-state index in [4.69, 9.17) is 0 Å². The minimum Gasteiger partial charge on any atom is -0.306 e. The predicted octanol–water partition coefficient (Wildman–Crippen LogP) is 5.26. The van der Waals surface area contributed by atoms with Crippen LogP contribution in [-0.4, -0.2) is 25.1 Å². The van der Waals surface area contributed by atoms with Crippen LogP contribution in [0.4, 0.5) is 10.2 Å². The van der Waals surface area contributed by atoms with Gasteiger partial charge >= 0.3 is 0 Å². The molecule has 8 heteroatoms. The maximum Gasteiger partial charge on any atom is 0.256 e. The van der Waals surface area contributed by atoms with Crippen molar-refractivity contribution in [2.45, 2.75) is 13.8 Å². The van der Waals surface area contributed by atoms with Crippen LogP contribution in [0.3, 0.4) is 0 Å². The number of hydrogen-bond acceptors (Lipinski definition) is 4. The number of imidazole rings is 1. The summed E-state index contributed by atoms with van der Waals surface area (Å²) in [6, 6.07) is 15.3. The molecule has 3 heterocycles. The Morgan fingerprint density at radius 2 is 1.81 bits per heavy atom. The number of carbonyl (C=O) groups excluding carboxylic acids is 1. The fraction of sp³-hybridized carbons (Fsp3) is 0.0870. The Labute approximate surface area is 181 Å². The van der Waals surface area contributed by atoms with Crippen LogP contribution in [0.25, 0.3) is 21.9 Å². The molecule has 0 spiro atoms. The quantitative estimate of drug-likeness (QED) is 0.422. The van der Waals surface area contributed by atoms with E-state index >= 15 is 0 Å². The summed E-state index contributed by atoms with van der Waals surface area (Å²) in [7, 11) is 0. The third-order valence-corrected chi connectivity index (χ3v) is 5.75. The molecule has 3 aromatic heterocycles. The monoisotopic (exact) mass is 431 g/mol. The molecule has 6 nitrogen and oxygen atoms in total. The maximum absolute atomic E-state index is 13.4. The van der Waals surface area contributed by atoms with Gasteiger partial charge in [-0.05, 0) is 68.4 Å². The number of aromatic nitrogens is 4. The topological polar surface area (TPSA) is 64.2 Å². The van der Waals surface area contributed by atoms with Crippen molar-refractivity contribution in [3.8, 4) is 16.9 Å². The highest BCUT2D eigenvalue weighted by atomic mass is 32.1. The molecule has 5 aromatic rings. The fourth-order valence-corrected chi connectivity index (χ4v) is 4.25. The Hall–Kier alpha value is -3.78. The zero-order valence-electron chi connectivity index (χ0n) is 16.8. The van der Waals surface area contributed by atoms with Gasteiger partial charge in [0.15, 0.2) is 4.96 Å². The van der Waals surface area contributed by atoms with Crippen LogP contribution in [0.5, 0.6) is 0 Å². The molecule has 0 bridgehead atoms. The molecule has 31 heavy (non-hydrogen) atoms. The molecule has 0 fully saturated rings. The van der Waals surface area contributed by atoms with Crippen molar-refractivity contribution in [3.05, 3.63) is 88.9 Å². The lowest BCUT2D eigenvalue weighted by Gasteiger charge is -2.09. The molecule has 0 aliphatic rings. The Balaban J connectivity index is 1.46. The predicted molar refractivity (Wildman–Crippen MR) is 119 cm³/mol. The first kappa shape index (κ1) is 19.2. The highest BCUT2D eigenvalue weighted by molar-refractivity contribution is 7.15. The van der Waals surface area contributed by atoms with Crippen molar-refractivity contribution in [1.82, 2.24) is 19.2 Å². The van der Waals surface area contributed by atoms with Crippen LogP contribution < -0.4 is 5.32 Å². The number of carbonyl (C=O) groups is 1. The van der Waals surface area contributed by atoms with Crippen LogP contribution >= 0.6 is 11.3 Å². The van der Waals surface area contributed by atoms with Gasteiger partial charge in [0, 0.05) is 28.4 Å². The SMILES string of the molecule is Cc1cc(C)n(-c2ccc(C(=O)Nc3c(-c4ccc(F)cc4)nc4sccn34)cc2)n1. The Kier molecular flexibility index (Phi) is 4.63. The van der Waals surface area contributed by atoms with Crippen molar-refractivity contribution in [2.24, 2.45) is 0 Å². The van der Waals surface area contributed by atoms with E-state index in [2.05, 4.69) is 15.4 Å². The molecule has 1 amide bonds. The van der Waals surface area contributed by atoms with Gasteiger partial charge in [0.1, 0.15) is 17.3 Å². The van der Waals surface area contributed by atoms with Gasteiger partial charge in [-0.15, -0.1) is 11.3 Å². The molecule has 154 valence electrons. The summed E-state index contributed by atoms with van der Waals surface area (Å²) in [5.74, 6) is -0.0233. The largest absolute Gasteiger partial charge is 0.306 e. The molecule has 0 saturated carbocycles. The summed E-state index contributed by atoms with van der Waals surface area (Å²) in [6.45, 7) is 3.93. The van der Waals surface area contributed by atoms with Gasteiger partial charge < -0.3 is 5.32 Å². The molecule has 0 saturated heterocycles. The first-order valence-corrected chi connectivity index (χ1v) is 10.5. The van der Waals surface area contributed by atoms with Gasteiger partial charge in [-0.1, -0.05) is 0 Å². The number of thiazole rings is 1. The summed E-state index contributed by atoms with van der Waals surface area (Å²) in [5, 5.41) is 9.35. The van der Waals surface area contributed by atoms with E-state index < -0.39 is 0 Å². The van der Waals surface area contributed by atoms with Crippen molar-refractivity contribution in [2.75, 3.05) is 5.32 Å². The fourth-order valence-electron chi connectivity index (χ4n) is 3.54. The van der Waals surface area contributed by atoms with Crippen LogP contribution in [0.2, 0.25) is 0 Å². The molecular formula is C23H18FN5OS. The van der Waals surface area contributed by atoms with Crippen LogP contribution in [0.15, 0.2) is 66.2 Å². The summed E-state index contributed by atoms with van der Waals surface area (Å²) in [6.07, 6.45) is 1.85. The second-order valence-corrected chi connectivity index (χ2v) is 8.08. The van der Waals surface area contributed by atoms with E-state index in [1.165, 1.54) is 23.5 Å². The van der Waals surface area contributed by atoms with Gasteiger partial charge in [0.2, 0.25) is 0 Å². The van der Waals surface area contributed by atoms with Gasteiger partial charge in [-0.3, -0.25) is 9.20 Å². The third kappa shape index (κ3) is 3.51. The Morgan fingerprint density at radius 3 is 2.48 bits per heavy atom. The molecule has 0 atom stereocenters. The van der Waals surface area contributed by atoms with E-state index in [0.29, 0.717) is 17.1 Å². The highest BCUT2D eigenvalue weighted by Crippen LogP contribution is 2.31. The van der Waals surface area contributed by atoms with E-state index in [0.717, 1.165) is 27.6 Å². The van der Waals surface area contributed by atoms with Crippen LogP contribution in [0, 0.1) is 19.7 Å². The van der Waals surface area contributed by atoms with Crippen molar-refractivity contribution in [3.63, 3.8) is 0 Å². The second-order valence-electron chi connectivity index (χ2n) is 7.21. The highest BCUT2D eigenvalue weighted by Gasteiger charge is 2.18. The number of aryl methyl sites for hydroxylation is 2. The smallest absolute Gasteiger partial charge is 0.256 e. The number of rotatable bonds is 4. The lowest BCUT2D eigenvalue weighted by Crippen LogP contribution is -2.14. The number of benzene rings is 2. The average molecular weight is 431 g/mol. The van der Waals surface area contributed by atoms with Crippen molar-refractivity contribution in [1.29, 1.82) is 0 Å². The molecule has 0 aliphatic carbocycles. The minimum absolute atomic E-state index is 0.253. The lowest BCUT2D eigenvalue weighted by atomic mass is 10.1. The van der Waals surface area contributed by atoms with Gasteiger partial charge in [0.05, 0.1) is 11.4 Å². The van der Waals surface area contributed by atoms with Crippen LogP contribution in [0.1, 0.15) is 21.7 Å². The summed E-state index contributed by atoms with van der Waals surface area (Å²) >= 11 is 1.46. The number of anilines is 1. The molecule has 2 aromatic carbocycles. The standard InChI is InChI=1S/C23H18FN5OS/c1-14-13-15(2)29(27-14)19-9-5-17(6-10-19)22(30)26-21-20(16-3-7-18(24)8-4-16)25-23-28(21)11-12-31-23/h3-13H,1-2H3,(H,26,30). The number of amides is 1. The summed E-state index contributed by atoms with van der Waals surface area (Å²) < 4.78 is 17.0. The van der Waals surface area contributed by atoms with Gasteiger partial charge in [-0.25, -0.2) is 14.1 Å². The lowest BCUT2D eigenvalue weighted by molar-refractivity contribution is 0.102. The molecule has 0 unspecified atom stereocenters. The van der Waals surface area contributed by atoms with Crippen molar-refractivity contribution < 1.29 is 9.18 Å². The molecular weight excluding hydrogens is 413 g/mol. The summed E-state index contributed by atoms with van der Waals surface area (Å²) in [4.78, 5) is 18.4. The number of nitrogens with one attached hydrogen (secondary N) is 1. The molecule has 1 N–H and O–H groups in total. The number of halogens is 1. The third-order valence-electron chi connectivity index (χ3n) is 5.00. The van der Waals surface area contributed by atoms with E-state index in [1.54, 1.807) is 24.3 Å². The van der Waals surface area contributed by atoms with Crippen molar-refractivity contribution >= 4 is 28.0 Å². The first-order chi connectivity index (χ1) is 15.0. The normalized spacial score (nSPS) is 11.2. The average Bonchev–Trinajstić information content (AvgIpc) is 3.44. The van der Waals surface area contributed by atoms with Crippen LogP contribution in [-0.2, 0) is 0 Å². The van der Waals surface area contributed by atoms with Gasteiger partial charge in [-0.2, -0.15) is 5.10 Å². The number of fused-ring (bicyclic) bond motifs is 1. The maximum atomic E-state index is 13.4. The van der Waals surface area contributed by atoms with E-state index in [9.17, 15) is 9.18 Å². The number of hydrogen-bond donors (Lipinski definition) is 1. The van der Waals surface area contributed by atoms with Gasteiger partial charge in [0.25, 0.3) is 5.91 Å². The van der Waals surface area contributed by atoms with E-state index in [-0.39, 0.29) is 11.7 Å². The molecule has 0 radical (unpaired) electrons. The minimum atomic E-state index is -0.321.